The van der Waals surface area contributed by atoms with E-state index in [1.54, 1.807) is 16.5 Å². The number of allylic oxidation sites excluding steroid dienone is 3. The maximum atomic E-state index is 14.3. The van der Waals surface area contributed by atoms with E-state index in [9.17, 15) is 26.4 Å². The van der Waals surface area contributed by atoms with Crippen LogP contribution >= 0.6 is 0 Å². The molecule has 1 aliphatic heterocycles. The van der Waals surface area contributed by atoms with Gasteiger partial charge in [0.1, 0.15) is 5.82 Å². The number of sulfonamides is 1. The van der Waals surface area contributed by atoms with Gasteiger partial charge in [-0.3, -0.25) is 4.79 Å². The molecule has 0 saturated heterocycles. The molecule has 1 amide bonds. The zero-order valence-corrected chi connectivity index (χ0v) is 22.9. The number of amides is 1. The van der Waals surface area contributed by atoms with Crippen LogP contribution in [0.15, 0.2) is 65.0 Å². The molecule has 1 heterocycles. The number of benzene rings is 2. The van der Waals surface area contributed by atoms with Crippen molar-refractivity contribution in [2.75, 3.05) is 11.9 Å². The lowest BCUT2D eigenvalue weighted by atomic mass is 9.98. The first-order valence-corrected chi connectivity index (χ1v) is 14.7. The van der Waals surface area contributed by atoms with Crippen LogP contribution in [0, 0.1) is 17.5 Å². The number of nitrogens with zero attached hydrogens (tertiary/aromatic N) is 1. The molecule has 2 aromatic carbocycles. The molecule has 2 aromatic rings. The summed E-state index contributed by atoms with van der Waals surface area (Å²) in [6.45, 7) is 2.24. The van der Waals surface area contributed by atoms with Gasteiger partial charge in [0, 0.05) is 42.3 Å². The Kier molecular flexibility index (Phi) is 7.78. The monoisotopic (exact) mass is 572 g/mol. The molecule has 0 spiro atoms. The maximum Gasteiger partial charge on any atom is 0.250 e. The van der Waals surface area contributed by atoms with Crippen LogP contribution in [0.5, 0.6) is 0 Å². The Bertz CT molecular complexity index is 1560. The number of halogens is 3. The summed E-state index contributed by atoms with van der Waals surface area (Å²) in [4.78, 5) is 12.3. The van der Waals surface area contributed by atoms with Crippen LogP contribution in [0.25, 0.3) is 0 Å². The molecule has 0 unspecified atom stereocenters. The first kappa shape index (κ1) is 28.0. The zero-order valence-electron chi connectivity index (χ0n) is 22.1. The van der Waals surface area contributed by atoms with E-state index in [0.29, 0.717) is 38.4 Å². The van der Waals surface area contributed by atoms with E-state index in [2.05, 4.69) is 10.6 Å². The standard InChI is InChI=1S/C29H31F3N4O3S/c1-17-2-4-21(14-27(23(12-17)29(33)37)34-15-24-25(30)8-9-26(31)28(24)32)35-20-5-3-19-16-36(11-10-18(19)13-20)40(38,39)22-6-7-22/h3,5,8-9,12-14,22,34-35H,2,4,6-7,10-11,15-16H2,1H3,(H2,33,37). The van der Waals surface area contributed by atoms with Crippen molar-refractivity contribution in [2.24, 2.45) is 5.73 Å². The summed E-state index contributed by atoms with van der Waals surface area (Å²) in [5.74, 6) is -4.11. The van der Waals surface area contributed by atoms with Crippen molar-refractivity contribution >= 4 is 21.6 Å². The lowest BCUT2D eigenvalue weighted by Gasteiger charge is -2.28. The van der Waals surface area contributed by atoms with E-state index in [1.807, 2.05) is 25.1 Å². The highest BCUT2D eigenvalue weighted by molar-refractivity contribution is 7.90. The minimum Gasteiger partial charge on any atom is -0.380 e. The molecule has 2 aliphatic carbocycles. The van der Waals surface area contributed by atoms with Gasteiger partial charge in [0.25, 0.3) is 5.91 Å². The van der Waals surface area contributed by atoms with E-state index in [0.717, 1.165) is 47.0 Å². The van der Waals surface area contributed by atoms with Gasteiger partial charge in [0.05, 0.1) is 10.8 Å². The predicted octanol–water partition coefficient (Wildman–Crippen LogP) is 4.52. The highest BCUT2D eigenvalue weighted by atomic mass is 32.2. The number of carbonyl (C=O) groups is 1. The summed E-state index contributed by atoms with van der Waals surface area (Å²) in [6, 6.07) is 7.34. The molecule has 11 heteroatoms. The number of nitrogens with two attached hydrogens (primary N) is 1. The first-order chi connectivity index (χ1) is 19.0. The van der Waals surface area contributed by atoms with Crippen LogP contribution in [0.3, 0.4) is 0 Å². The maximum absolute atomic E-state index is 14.3. The van der Waals surface area contributed by atoms with Crippen LogP contribution in [0.1, 0.15) is 49.3 Å². The Morgan fingerprint density at radius 3 is 2.50 bits per heavy atom. The van der Waals surface area contributed by atoms with E-state index >= 15 is 0 Å². The molecule has 3 aliphatic rings. The number of nitrogens with one attached hydrogen (secondary N) is 2. The number of fused-ring (bicyclic) bond motifs is 1. The number of anilines is 1. The lowest BCUT2D eigenvalue weighted by molar-refractivity contribution is -0.114. The molecule has 1 saturated carbocycles. The third-order valence-electron chi connectivity index (χ3n) is 7.44. The number of hydrogen-bond donors (Lipinski definition) is 3. The van der Waals surface area contributed by atoms with Crippen molar-refractivity contribution in [3.05, 3.63) is 99.2 Å². The van der Waals surface area contributed by atoms with Crippen LogP contribution in [-0.2, 0) is 34.3 Å². The van der Waals surface area contributed by atoms with Gasteiger partial charge < -0.3 is 16.4 Å². The van der Waals surface area contributed by atoms with E-state index in [-0.39, 0.29) is 16.5 Å². The molecular formula is C29H31F3N4O3S. The second-order valence-corrected chi connectivity index (χ2v) is 12.7. The first-order valence-electron chi connectivity index (χ1n) is 13.2. The van der Waals surface area contributed by atoms with Gasteiger partial charge in [-0.25, -0.2) is 21.6 Å². The molecule has 1 fully saturated rings. The number of rotatable bonds is 8. The van der Waals surface area contributed by atoms with Crippen LogP contribution in [-0.4, -0.2) is 30.4 Å². The average molecular weight is 573 g/mol. The van der Waals surface area contributed by atoms with Gasteiger partial charge >= 0.3 is 0 Å². The number of primary amides is 1. The summed E-state index contributed by atoms with van der Waals surface area (Å²) in [7, 11) is -3.24. The number of hydrogen-bond acceptors (Lipinski definition) is 5. The van der Waals surface area contributed by atoms with Crippen LogP contribution in [0.4, 0.5) is 18.9 Å². The summed E-state index contributed by atoms with van der Waals surface area (Å²) in [5.41, 5.74) is 9.94. The van der Waals surface area contributed by atoms with Gasteiger partial charge in [-0.1, -0.05) is 11.6 Å². The van der Waals surface area contributed by atoms with Gasteiger partial charge in [-0.2, -0.15) is 4.31 Å². The SMILES string of the molecule is CC1=CC(C(N)=O)=C(NCc2c(F)ccc(F)c2F)C=C(Nc2ccc3c(c2)CCN(S(=O)(=O)C2CC2)C3)CC1. The molecule has 4 N–H and O–H groups in total. The predicted molar refractivity (Wildman–Crippen MR) is 147 cm³/mol. The van der Waals surface area contributed by atoms with Crippen molar-refractivity contribution in [3.8, 4) is 0 Å². The highest BCUT2D eigenvalue weighted by Gasteiger charge is 2.41. The van der Waals surface area contributed by atoms with Crippen molar-refractivity contribution in [2.45, 2.75) is 57.4 Å². The smallest absolute Gasteiger partial charge is 0.250 e. The molecule has 7 nitrogen and oxygen atoms in total. The third-order valence-corrected chi connectivity index (χ3v) is 9.79. The molecule has 40 heavy (non-hydrogen) atoms. The Morgan fingerprint density at radius 1 is 1.02 bits per heavy atom. The van der Waals surface area contributed by atoms with Gasteiger partial charge in [-0.05, 0) is 86.6 Å². The second kappa shape index (κ2) is 11.1. The Hall–Kier alpha value is -3.57. The molecule has 212 valence electrons. The minimum atomic E-state index is -3.24. The number of carbonyl (C=O) groups excluding carboxylic acids is 1. The Morgan fingerprint density at radius 2 is 1.77 bits per heavy atom. The fourth-order valence-corrected chi connectivity index (χ4v) is 6.82. The van der Waals surface area contributed by atoms with Gasteiger partial charge in [0.15, 0.2) is 11.6 Å². The van der Waals surface area contributed by atoms with E-state index in [4.69, 9.17) is 5.73 Å². The summed E-state index contributed by atoms with van der Waals surface area (Å²) < 4.78 is 69.2. The summed E-state index contributed by atoms with van der Waals surface area (Å²) in [6.07, 6.45) is 6.57. The molecule has 0 aromatic heterocycles. The van der Waals surface area contributed by atoms with Crippen molar-refractivity contribution in [1.29, 1.82) is 0 Å². The summed E-state index contributed by atoms with van der Waals surface area (Å²) in [5, 5.41) is 6.01. The fraction of sp³-hybridized carbons (Fsp3) is 0.345. The van der Waals surface area contributed by atoms with Gasteiger partial charge in [0.2, 0.25) is 10.0 Å². The second-order valence-electron chi connectivity index (χ2n) is 10.5. The van der Waals surface area contributed by atoms with Crippen molar-refractivity contribution in [1.82, 2.24) is 9.62 Å². The molecule has 0 bridgehead atoms. The average Bonchev–Trinajstić information content (AvgIpc) is 3.77. The Labute approximate surface area is 231 Å². The van der Waals surface area contributed by atoms with Crippen molar-refractivity contribution < 1.29 is 26.4 Å². The van der Waals surface area contributed by atoms with Crippen LogP contribution in [0.2, 0.25) is 0 Å². The summed E-state index contributed by atoms with van der Waals surface area (Å²) >= 11 is 0. The fourth-order valence-electron chi connectivity index (χ4n) is 5.00. The third kappa shape index (κ3) is 5.95. The van der Waals surface area contributed by atoms with E-state index in [1.165, 1.54) is 0 Å². The normalized spacial score (nSPS) is 18.3. The largest absolute Gasteiger partial charge is 0.380 e. The van der Waals surface area contributed by atoms with Crippen LogP contribution < -0.4 is 16.4 Å². The lowest BCUT2D eigenvalue weighted by Crippen LogP contribution is -2.38. The van der Waals surface area contributed by atoms with Gasteiger partial charge in [-0.15, -0.1) is 0 Å². The Balaban J connectivity index is 1.40. The highest BCUT2D eigenvalue weighted by Crippen LogP contribution is 2.34. The molecule has 0 atom stereocenters. The van der Waals surface area contributed by atoms with Crippen molar-refractivity contribution in [3.63, 3.8) is 0 Å². The zero-order chi connectivity index (χ0) is 28.6. The van der Waals surface area contributed by atoms with E-state index < -0.39 is 45.5 Å². The quantitative estimate of drug-likeness (QED) is 0.404. The topological polar surface area (TPSA) is 105 Å². The molecule has 0 radical (unpaired) electrons. The molecule has 5 rings (SSSR count). The minimum absolute atomic E-state index is 0.135. The molecular weight excluding hydrogens is 541 g/mol.